The molecule has 0 radical (unpaired) electrons. The molecule has 0 aliphatic heterocycles. The first kappa shape index (κ1) is 29.2. The second kappa shape index (κ2) is 13.4. The zero-order chi connectivity index (χ0) is 28.5. The molecule has 0 saturated carbocycles. The minimum Gasteiger partial charge on any atom is -0.495 e. The van der Waals surface area contributed by atoms with E-state index >= 15 is 0 Å². The quantitative estimate of drug-likeness (QED) is 0.283. The summed E-state index contributed by atoms with van der Waals surface area (Å²) in [5, 5.41) is 19.2. The Hall–Kier alpha value is -4.38. The molecule has 0 aliphatic carbocycles. The number of hydrogen-bond donors (Lipinski definition) is 4. The Balaban J connectivity index is 1.58. The number of aliphatic carboxylic acids is 1. The molecule has 1 atom stereocenters. The van der Waals surface area contributed by atoms with Crippen LogP contribution in [0.5, 0.6) is 5.75 Å². The number of benzene rings is 2. The monoisotopic (exact) mass is 552 g/mol. The summed E-state index contributed by atoms with van der Waals surface area (Å²) in [6.07, 6.45) is 0.288. The van der Waals surface area contributed by atoms with Crippen LogP contribution in [-0.4, -0.2) is 54.0 Å². The molecule has 39 heavy (non-hydrogen) atoms. The molecule has 0 fully saturated rings. The maximum atomic E-state index is 12.9. The van der Waals surface area contributed by atoms with Crippen molar-refractivity contribution in [3.05, 3.63) is 75.5 Å². The molecule has 3 rings (SSSR count). The van der Waals surface area contributed by atoms with Crippen LogP contribution in [0.2, 0.25) is 0 Å². The molecule has 1 heterocycles. The first-order valence-electron chi connectivity index (χ1n) is 12.2. The molecule has 206 valence electrons. The standard InChI is InChI=1S/C28H32N4O6S/c1-17-7-5-6-8-22(17)30-28(37)31-23-10-9-19(13-25(23)38-4)14-26(34)32(3)15-21-11-20(16-39-21)12-24(27(35)36)29-18(2)33/h5-11,13,16,24H,12,14-15H2,1-4H3,(H,29,33)(H,35,36)(H2,30,31,37). The number of rotatable bonds is 11. The minimum atomic E-state index is -1.10. The number of carbonyl (C=O) groups is 4. The van der Waals surface area contributed by atoms with Gasteiger partial charge in [-0.1, -0.05) is 24.3 Å². The summed E-state index contributed by atoms with van der Waals surface area (Å²) in [4.78, 5) is 50.5. The van der Waals surface area contributed by atoms with E-state index in [1.54, 1.807) is 30.1 Å². The Morgan fingerprint density at radius 2 is 1.74 bits per heavy atom. The van der Waals surface area contributed by atoms with E-state index in [-0.39, 0.29) is 18.7 Å². The van der Waals surface area contributed by atoms with Gasteiger partial charge >= 0.3 is 12.0 Å². The van der Waals surface area contributed by atoms with E-state index in [1.165, 1.54) is 25.4 Å². The van der Waals surface area contributed by atoms with Crippen molar-refractivity contribution in [2.75, 3.05) is 24.8 Å². The number of nitrogens with one attached hydrogen (secondary N) is 3. The van der Waals surface area contributed by atoms with Crippen molar-refractivity contribution < 1.29 is 29.0 Å². The molecule has 10 nitrogen and oxygen atoms in total. The zero-order valence-corrected chi connectivity index (χ0v) is 23.1. The van der Waals surface area contributed by atoms with Crippen LogP contribution in [-0.2, 0) is 33.8 Å². The molecule has 11 heteroatoms. The highest BCUT2D eigenvalue weighted by Gasteiger charge is 2.20. The zero-order valence-electron chi connectivity index (χ0n) is 22.2. The van der Waals surface area contributed by atoms with E-state index in [0.717, 1.165) is 21.6 Å². The Kier molecular flexibility index (Phi) is 10.0. The second-order valence-electron chi connectivity index (χ2n) is 9.07. The van der Waals surface area contributed by atoms with Gasteiger partial charge in [0.25, 0.3) is 0 Å². The highest BCUT2D eigenvalue weighted by atomic mass is 32.1. The van der Waals surface area contributed by atoms with Gasteiger partial charge in [0.15, 0.2) is 0 Å². The highest BCUT2D eigenvalue weighted by molar-refractivity contribution is 7.10. The number of aryl methyl sites for hydroxylation is 1. The van der Waals surface area contributed by atoms with Gasteiger partial charge in [-0.3, -0.25) is 9.59 Å². The van der Waals surface area contributed by atoms with Crippen LogP contribution >= 0.6 is 11.3 Å². The molecule has 0 saturated heterocycles. The van der Waals surface area contributed by atoms with Gasteiger partial charge in [0.1, 0.15) is 11.8 Å². The lowest BCUT2D eigenvalue weighted by molar-refractivity contribution is -0.141. The summed E-state index contributed by atoms with van der Waals surface area (Å²) in [6.45, 7) is 3.54. The van der Waals surface area contributed by atoms with E-state index in [4.69, 9.17) is 4.74 Å². The Morgan fingerprint density at radius 3 is 2.41 bits per heavy atom. The average molecular weight is 553 g/mol. The molecule has 1 aromatic heterocycles. The molecule has 1 unspecified atom stereocenters. The Bertz CT molecular complexity index is 1360. The number of para-hydroxylation sites is 1. The molecule has 2 aromatic carbocycles. The first-order valence-corrected chi connectivity index (χ1v) is 13.0. The number of ether oxygens (including phenoxy) is 1. The number of carboxylic acid groups (broad SMARTS) is 1. The van der Waals surface area contributed by atoms with Crippen LogP contribution in [0.3, 0.4) is 0 Å². The fraction of sp³-hybridized carbons (Fsp3) is 0.286. The number of thiophene rings is 1. The molecular formula is C28H32N4O6S. The van der Waals surface area contributed by atoms with Crippen molar-refractivity contribution in [2.24, 2.45) is 0 Å². The third kappa shape index (κ3) is 8.57. The number of methoxy groups -OCH3 is 1. The number of amides is 4. The van der Waals surface area contributed by atoms with Gasteiger partial charge in [-0.05, 0) is 53.3 Å². The van der Waals surface area contributed by atoms with Gasteiger partial charge in [0.05, 0.1) is 25.8 Å². The maximum Gasteiger partial charge on any atom is 0.326 e. The average Bonchev–Trinajstić information content (AvgIpc) is 3.32. The van der Waals surface area contributed by atoms with E-state index in [2.05, 4.69) is 16.0 Å². The topological polar surface area (TPSA) is 137 Å². The largest absolute Gasteiger partial charge is 0.495 e. The molecule has 3 aromatic rings. The molecule has 0 aliphatic rings. The predicted octanol–water partition coefficient (Wildman–Crippen LogP) is 4.04. The van der Waals surface area contributed by atoms with E-state index in [0.29, 0.717) is 23.7 Å². The molecule has 0 bridgehead atoms. The smallest absolute Gasteiger partial charge is 0.326 e. The third-order valence-electron chi connectivity index (χ3n) is 5.90. The van der Waals surface area contributed by atoms with Crippen LogP contribution in [0.25, 0.3) is 0 Å². The number of urea groups is 1. The van der Waals surface area contributed by atoms with Gasteiger partial charge in [0.2, 0.25) is 11.8 Å². The Morgan fingerprint density at radius 1 is 1.03 bits per heavy atom. The molecule has 4 amide bonds. The number of nitrogens with zero attached hydrogens (tertiary/aromatic N) is 1. The summed E-state index contributed by atoms with van der Waals surface area (Å²) in [6, 6.07) is 13.0. The van der Waals surface area contributed by atoms with Gasteiger partial charge in [-0.25, -0.2) is 9.59 Å². The van der Waals surface area contributed by atoms with Crippen molar-refractivity contribution >= 4 is 46.5 Å². The normalized spacial score (nSPS) is 11.3. The lowest BCUT2D eigenvalue weighted by atomic mass is 10.1. The summed E-state index contributed by atoms with van der Waals surface area (Å²) in [5.41, 5.74) is 3.60. The SMILES string of the molecule is COc1cc(CC(=O)N(C)Cc2cc(CC(NC(C)=O)C(=O)O)cs2)ccc1NC(=O)Nc1ccccc1C. The minimum absolute atomic E-state index is 0.119. The van der Waals surface area contributed by atoms with Crippen molar-refractivity contribution in [3.63, 3.8) is 0 Å². The number of carbonyl (C=O) groups excluding carboxylic acids is 3. The lowest BCUT2D eigenvalue weighted by Crippen LogP contribution is -2.41. The fourth-order valence-corrected chi connectivity index (χ4v) is 4.82. The second-order valence-corrected chi connectivity index (χ2v) is 10.1. The highest BCUT2D eigenvalue weighted by Crippen LogP contribution is 2.27. The number of anilines is 2. The van der Waals surface area contributed by atoms with Crippen molar-refractivity contribution in [1.82, 2.24) is 10.2 Å². The van der Waals surface area contributed by atoms with Gasteiger partial charge < -0.3 is 30.7 Å². The van der Waals surface area contributed by atoms with Crippen molar-refractivity contribution in [3.8, 4) is 5.75 Å². The predicted molar refractivity (Wildman–Crippen MR) is 150 cm³/mol. The summed E-state index contributed by atoms with van der Waals surface area (Å²) >= 11 is 1.42. The van der Waals surface area contributed by atoms with Gasteiger partial charge in [-0.15, -0.1) is 11.3 Å². The summed E-state index contributed by atoms with van der Waals surface area (Å²) < 4.78 is 5.44. The van der Waals surface area contributed by atoms with E-state index in [1.807, 2.05) is 42.6 Å². The van der Waals surface area contributed by atoms with E-state index in [9.17, 15) is 24.3 Å². The molecule has 0 spiro atoms. The lowest BCUT2D eigenvalue weighted by Gasteiger charge is -2.17. The van der Waals surface area contributed by atoms with E-state index < -0.39 is 23.9 Å². The Labute approximate surface area is 231 Å². The van der Waals surface area contributed by atoms with Gasteiger partial charge in [-0.2, -0.15) is 0 Å². The summed E-state index contributed by atoms with van der Waals surface area (Å²) in [7, 11) is 3.19. The third-order valence-corrected chi connectivity index (χ3v) is 6.88. The van der Waals surface area contributed by atoms with Crippen LogP contribution < -0.4 is 20.7 Å². The van der Waals surface area contributed by atoms with Crippen LogP contribution in [0.4, 0.5) is 16.2 Å². The van der Waals surface area contributed by atoms with Gasteiger partial charge in [0, 0.05) is 31.0 Å². The number of carboxylic acids is 1. The summed E-state index contributed by atoms with van der Waals surface area (Å²) in [5.74, 6) is -1.20. The van der Waals surface area contributed by atoms with Crippen molar-refractivity contribution in [1.29, 1.82) is 0 Å². The molecule has 4 N–H and O–H groups in total. The van der Waals surface area contributed by atoms with Crippen LogP contribution in [0.1, 0.15) is 28.5 Å². The number of hydrogen-bond acceptors (Lipinski definition) is 6. The fourth-order valence-electron chi connectivity index (χ4n) is 3.87. The van der Waals surface area contributed by atoms with Crippen LogP contribution in [0, 0.1) is 6.92 Å². The molecular weight excluding hydrogens is 520 g/mol. The number of likely N-dealkylation sites (N-methyl/N-ethyl adjacent to an activating group) is 1. The van der Waals surface area contributed by atoms with Crippen molar-refractivity contribution in [2.45, 2.75) is 39.3 Å². The maximum absolute atomic E-state index is 12.9. The first-order chi connectivity index (χ1) is 18.5. The van der Waals surface area contributed by atoms with Crippen LogP contribution in [0.15, 0.2) is 53.9 Å².